The van der Waals surface area contributed by atoms with Crippen LogP contribution >= 0.6 is 23.5 Å². The molecule has 0 saturated carbocycles. The average molecular weight is 734 g/mol. The topological polar surface area (TPSA) is 244 Å². The molecule has 6 amide bonds. The van der Waals surface area contributed by atoms with E-state index in [1.54, 1.807) is 6.92 Å². The lowest BCUT2D eigenvalue weighted by molar-refractivity contribution is -0.178. The number of likely N-dealkylation sites (N-methyl/N-ethyl adjacent to an activating group) is 1. The highest BCUT2D eigenvalue weighted by Gasteiger charge is 2.66. The van der Waals surface area contributed by atoms with Crippen molar-refractivity contribution in [3.05, 3.63) is 67.6 Å². The number of aromatic nitrogens is 3. The molecule has 3 aliphatic rings. The monoisotopic (exact) mass is 733 g/mol. The van der Waals surface area contributed by atoms with Crippen LogP contribution in [0, 0.1) is 5.82 Å². The number of amides is 6. The zero-order chi connectivity index (χ0) is 36.5. The molecule has 2 saturated heterocycles. The number of carboxylic acids is 1. The summed E-state index contributed by atoms with van der Waals surface area (Å²) < 4.78 is 16.2. The van der Waals surface area contributed by atoms with Crippen molar-refractivity contribution in [2.24, 2.45) is 7.05 Å². The van der Waals surface area contributed by atoms with E-state index in [4.69, 9.17) is 0 Å². The molecular formula is C28H28FN9O10S2. The second-order valence-electron chi connectivity index (χ2n) is 10.9. The lowest BCUT2D eigenvalue weighted by atomic mass is 9.94. The van der Waals surface area contributed by atoms with Gasteiger partial charge in [0.25, 0.3) is 11.8 Å². The minimum absolute atomic E-state index is 0.0146. The van der Waals surface area contributed by atoms with Crippen LogP contribution in [0.1, 0.15) is 18.5 Å². The van der Waals surface area contributed by atoms with Crippen LogP contribution in [-0.4, -0.2) is 124 Å². The molecule has 0 radical (unpaired) electrons. The maximum absolute atomic E-state index is 15.3. The third kappa shape index (κ3) is 5.99. The number of fused-ring (bicyclic) bond motifs is 1. The summed E-state index contributed by atoms with van der Waals surface area (Å²) in [5.74, 6) is -7.17. The quantitative estimate of drug-likeness (QED) is 0.0540. The first kappa shape index (κ1) is 35.8. The summed E-state index contributed by atoms with van der Waals surface area (Å²) in [6.45, 7) is 1.56. The summed E-state index contributed by atoms with van der Waals surface area (Å²) in [4.78, 5) is 116. The molecule has 22 heteroatoms. The number of carboxylic acid groups (broad SMARTS) is 1. The summed E-state index contributed by atoms with van der Waals surface area (Å²) >= 11 is 1.86. The van der Waals surface area contributed by atoms with Crippen LogP contribution in [-0.2, 0) is 40.6 Å². The van der Waals surface area contributed by atoms with Gasteiger partial charge in [-0.25, -0.2) is 24.3 Å². The highest BCUT2D eigenvalue weighted by Crippen LogP contribution is 2.46. The molecule has 1 unspecified atom stereocenters. The number of nitrogens with one attached hydrogen (secondary N) is 3. The number of rotatable bonds is 13. The number of benzene rings is 1. The zero-order valence-electron chi connectivity index (χ0n) is 26.2. The number of hydrogen-bond donors (Lipinski definition) is 4. The van der Waals surface area contributed by atoms with Gasteiger partial charge < -0.3 is 20.6 Å². The Kier molecular flexibility index (Phi) is 10.1. The highest BCUT2D eigenvalue weighted by atomic mass is 32.2. The molecule has 3 aliphatic heterocycles. The molecule has 2 aromatic rings. The number of β-lactam (4-membered cyclic amide) rings is 1. The van der Waals surface area contributed by atoms with Crippen molar-refractivity contribution in [3.63, 3.8) is 0 Å². The zero-order valence-corrected chi connectivity index (χ0v) is 27.8. The van der Waals surface area contributed by atoms with Crippen LogP contribution < -0.4 is 21.8 Å². The lowest BCUT2D eigenvalue weighted by Gasteiger charge is -2.56. The van der Waals surface area contributed by atoms with Gasteiger partial charge in [-0.15, -0.1) is 16.9 Å². The predicted octanol–water partition coefficient (Wildman–Crippen LogP) is -2.68. The van der Waals surface area contributed by atoms with E-state index in [-0.39, 0.29) is 54.7 Å². The first-order chi connectivity index (χ1) is 23.8. The Bertz CT molecular complexity index is 1950. The lowest BCUT2D eigenvalue weighted by Crippen LogP contribution is -2.85. The number of H-pyrrole nitrogens is 1. The number of halogens is 1. The van der Waals surface area contributed by atoms with E-state index < -0.39 is 74.9 Å². The van der Waals surface area contributed by atoms with E-state index in [1.165, 1.54) is 24.1 Å². The van der Waals surface area contributed by atoms with Crippen LogP contribution in [0.25, 0.3) is 0 Å². The van der Waals surface area contributed by atoms with E-state index in [0.717, 1.165) is 45.1 Å². The molecular weight excluding hydrogens is 705 g/mol. The molecule has 3 atom stereocenters. The van der Waals surface area contributed by atoms with Crippen molar-refractivity contribution in [2.75, 3.05) is 31.1 Å². The van der Waals surface area contributed by atoms with Gasteiger partial charge in [-0.05, 0) is 18.6 Å². The average Bonchev–Trinajstić information content (AvgIpc) is 3.10. The summed E-state index contributed by atoms with van der Waals surface area (Å²) in [5, 5.41) is 20.6. The summed E-state index contributed by atoms with van der Waals surface area (Å²) in [6, 6.07) is 2.80. The molecule has 2 fully saturated rings. The molecule has 264 valence electrons. The van der Waals surface area contributed by atoms with Gasteiger partial charge in [0.05, 0.1) is 6.54 Å². The number of hydrazine groups is 1. The van der Waals surface area contributed by atoms with Gasteiger partial charge >= 0.3 is 28.9 Å². The minimum atomic E-state index is -2.30. The van der Waals surface area contributed by atoms with Crippen molar-refractivity contribution in [1.29, 1.82) is 0 Å². The van der Waals surface area contributed by atoms with Crippen molar-refractivity contribution >= 4 is 65.9 Å². The van der Waals surface area contributed by atoms with E-state index in [9.17, 15) is 48.3 Å². The SMILES string of the molecule is CCN1CCN(N(C=O)C(C(=O)N[C@]2(NC=O)C(=O)N3C(C(=O)O)=C(CSc4n[nH]c(=O)c(=O)n4C)CS[C@H]32)c2ccccc2F)C(=O)C1=O. The minimum Gasteiger partial charge on any atom is -0.477 e. The third-order valence-electron chi connectivity index (χ3n) is 8.14. The van der Waals surface area contributed by atoms with Crippen molar-refractivity contribution in [2.45, 2.75) is 29.2 Å². The van der Waals surface area contributed by atoms with Crippen LogP contribution in [0.2, 0.25) is 0 Å². The third-order valence-corrected chi connectivity index (χ3v) is 10.7. The van der Waals surface area contributed by atoms with E-state index in [2.05, 4.69) is 15.7 Å². The Balaban J connectivity index is 1.48. The number of hydrogen-bond acceptors (Lipinski definition) is 12. The fraction of sp³-hybridized carbons (Fsp3) is 0.357. The number of nitrogens with zero attached hydrogens (tertiary/aromatic N) is 6. The summed E-state index contributed by atoms with van der Waals surface area (Å²) in [7, 11) is 1.30. The van der Waals surface area contributed by atoms with Crippen LogP contribution in [0.3, 0.4) is 0 Å². The molecule has 0 bridgehead atoms. The molecule has 19 nitrogen and oxygen atoms in total. The van der Waals surface area contributed by atoms with Crippen molar-refractivity contribution in [3.8, 4) is 0 Å². The normalized spacial score (nSPS) is 20.9. The maximum Gasteiger partial charge on any atom is 0.352 e. The molecule has 4 N–H and O–H groups in total. The first-order valence-corrected chi connectivity index (χ1v) is 16.7. The predicted molar refractivity (Wildman–Crippen MR) is 170 cm³/mol. The van der Waals surface area contributed by atoms with Crippen LogP contribution in [0.4, 0.5) is 4.39 Å². The van der Waals surface area contributed by atoms with Crippen molar-refractivity contribution < 1.29 is 43.1 Å². The Morgan fingerprint density at radius 3 is 2.56 bits per heavy atom. The van der Waals surface area contributed by atoms with Gasteiger partial charge in [0, 0.05) is 37.2 Å². The van der Waals surface area contributed by atoms with E-state index in [1.807, 2.05) is 5.10 Å². The standard InChI is InChI=1S/C28H28FN9O10S2/c1-3-35-8-9-36(23(45)22(35)44)37(13-40)18(15-6-4-5-7-16(15)29)19(41)31-28(30-12-39)25(48)38-17(24(46)47)14(10-49-26(28)38)11-50-27-33-32-20(42)21(43)34(27)2/h4-7,12-13,18,26H,3,8-11H2,1-2H3,(H,30,39)(H,31,41)(H,32,42)(H,46,47)/t18?,26-,28+/m0/s1. The number of aromatic amines is 1. The van der Waals surface area contributed by atoms with Gasteiger partial charge in [0.2, 0.25) is 18.5 Å². The highest BCUT2D eigenvalue weighted by molar-refractivity contribution is 8.01. The van der Waals surface area contributed by atoms with Crippen LogP contribution in [0.15, 0.2) is 50.3 Å². The smallest absolute Gasteiger partial charge is 0.352 e. The van der Waals surface area contributed by atoms with Gasteiger partial charge in [0.15, 0.2) is 11.2 Å². The molecule has 0 aliphatic carbocycles. The second-order valence-corrected chi connectivity index (χ2v) is 12.9. The molecule has 1 aromatic heterocycles. The molecule has 5 rings (SSSR count). The number of aliphatic carboxylic acids is 1. The Morgan fingerprint density at radius 1 is 1.20 bits per heavy atom. The largest absolute Gasteiger partial charge is 0.477 e. The van der Waals surface area contributed by atoms with Gasteiger partial charge in [-0.3, -0.25) is 47.8 Å². The molecule has 4 heterocycles. The maximum atomic E-state index is 15.3. The molecule has 50 heavy (non-hydrogen) atoms. The van der Waals surface area contributed by atoms with E-state index in [0.29, 0.717) is 10.0 Å². The van der Waals surface area contributed by atoms with Crippen LogP contribution in [0.5, 0.6) is 0 Å². The van der Waals surface area contributed by atoms with Gasteiger partial charge in [-0.1, -0.05) is 30.0 Å². The number of carbonyl (C=O) groups is 7. The summed E-state index contributed by atoms with van der Waals surface area (Å²) in [5.41, 5.74) is -4.85. The Hall–Kier alpha value is -5.51. The fourth-order valence-corrected chi connectivity index (χ4v) is 8.14. The van der Waals surface area contributed by atoms with E-state index >= 15 is 4.39 Å². The Morgan fingerprint density at radius 2 is 1.92 bits per heavy atom. The Labute approximate surface area is 288 Å². The molecule has 1 aromatic carbocycles. The fourth-order valence-electron chi connectivity index (χ4n) is 5.66. The first-order valence-electron chi connectivity index (χ1n) is 14.6. The number of piperazine rings is 1. The second kappa shape index (κ2) is 14.2. The molecule has 0 spiro atoms. The van der Waals surface area contributed by atoms with Gasteiger partial charge in [0.1, 0.15) is 16.9 Å². The number of thioether (sulfide) groups is 2. The van der Waals surface area contributed by atoms with Crippen molar-refractivity contribution in [1.82, 2.24) is 45.2 Å². The van der Waals surface area contributed by atoms with Gasteiger partial charge in [-0.2, -0.15) is 0 Å². The summed E-state index contributed by atoms with van der Waals surface area (Å²) in [6.07, 6.45) is 0.144. The number of carbonyl (C=O) groups excluding carboxylic acids is 6.